The Kier molecular flexibility index (Phi) is 4.76. The van der Waals surface area contributed by atoms with Crippen molar-refractivity contribution in [3.63, 3.8) is 0 Å². The number of nitrogens with zero attached hydrogens (tertiary/aromatic N) is 3. The van der Waals surface area contributed by atoms with Crippen molar-refractivity contribution in [3.05, 3.63) is 101 Å². The van der Waals surface area contributed by atoms with Gasteiger partial charge in [-0.25, -0.2) is 0 Å². The Hall–Kier alpha value is -3.29. The maximum Gasteiger partial charge on any atom is 0.0375 e. The standard InChI is InChI=1S/C14H10.C7H7N3/c1-2-6-12-10-14-8-4-3-7-13(14)9-11(12)5-1;1-6-2-4-7(5-3-6)9-10-8/h1-10H;2-5H,1H3. The van der Waals surface area contributed by atoms with Gasteiger partial charge in [-0.2, -0.15) is 0 Å². The third-order valence-electron chi connectivity index (χ3n) is 3.81. The summed E-state index contributed by atoms with van der Waals surface area (Å²) in [6, 6.07) is 28.8. The van der Waals surface area contributed by atoms with Gasteiger partial charge in [-0.05, 0) is 46.1 Å². The fraction of sp³-hybridized carbons (Fsp3) is 0.0476. The molecule has 0 bridgehead atoms. The maximum absolute atomic E-state index is 8.05. The average molecular weight is 311 g/mol. The second-order valence-corrected chi connectivity index (χ2v) is 5.57. The van der Waals surface area contributed by atoms with Crippen LogP contribution in [-0.2, 0) is 0 Å². The normalized spacial score (nSPS) is 9.88. The maximum atomic E-state index is 8.05. The zero-order valence-corrected chi connectivity index (χ0v) is 13.4. The number of rotatable bonds is 1. The lowest BCUT2D eigenvalue weighted by molar-refractivity contribution is 1.42. The summed E-state index contributed by atoms with van der Waals surface area (Å²) in [5, 5.41) is 8.67. The highest BCUT2D eigenvalue weighted by Gasteiger charge is 1.95. The lowest BCUT2D eigenvalue weighted by Crippen LogP contribution is -1.74. The number of hydrogen-bond acceptors (Lipinski definition) is 1. The molecule has 0 N–H and O–H groups in total. The molecule has 0 amide bonds. The van der Waals surface area contributed by atoms with Crippen molar-refractivity contribution in [3.8, 4) is 0 Å². The summed E-state index contributed by atoms with van der Waals surface area (Å²) in [5.41, 5.74) is 9.87. The first kappa shape index (κ1) is 15.6. The Bertz CT molecular complexity index is 909. The molecule has 4 aromatic rings. The highest BCUT2D eigenvalue weighted by atomic mass is 15.1. The number of fused-ring (bicyclic) bond motifs is 2. The summed E-state index contributed by atoms with van der Waals surface area (Å²) >= 11 is 0. The molecule has 4 aromatic carbocycles. The zero-order chi connectivity index (χ0) is 16.8. The molecule has 0 unspecified atom stereocenters. The monoisotopic (exact) mass is 311 g/mol. The first-order valence-corrected chi connectivity index (χ1v) is 7.75. The van der Waals surface area contributed by atoms with Crippen molar-refractivity contribution in [1.82, 2.24) is 0 Å². The van der Waals surface area contributed by atoms with Gasteiger partial charge in [0.15, 0.2) is 0 Å². The van der Waals surface area contributed by atoms with Crippen molar-refractivity contribution in [1.29, 1.82) is 0 Å². The zero-order valence-electron chi connectivity index (χ0n) is 13.4. The van der Waals surface area contributed by atoms with Crippen molar-refractivity contribution in [2.24, 2.45) is 5.11 Å². The molecule has 0 atom stereocenters. The molecule has 4 rings (SSSR count). The molecular formula is C21H17N3. The van der Waals surface area contributed by atoms with E-state index in [4.69, 9.17) is 5.53 Å². The Morgan fingerprint density at radius 3 is 1.46 bits per heavy atom. The first-order valence-electron chi connectivity index (χ1n) is 7.75. The van der Waals surface area contributed by atoms with E-state index < -0.39 is 0 Å². The SMILES string of the molecule is Cc1ccc(N=[N+]=[N-])cc1.c1ccc2cc3ccccc3cc2c1. The molecular weight excluding hydrogens is 294 g/mol. The molecule has 0 saturated carbocycles. The van der Waals surface area contributed by atoms with Crippen LogP contribution in [0.25, 0.3) is 32.0 Å². The van der Waals surface area contributed by atoms with Gasteiger partial charge in [0.25, 0.3) is 0 Å². The topological polar surface area (TPSA) is 48.8 Å². The Labute approximate surface area is 140 Å². The summed E-state index contributed by atoms with van der Waals surface area (Å²) in [4.78, 5) is 2.66. The second-order valence-electron chi connectivity index (χ2n) is 5.57. The number of aryl methyl sites for hydroxylation is 1. The van der Waals surface area contributed by atoms with Crippen LogP contribution in [0.2, 0.25) is 0 Å². The van der Waals surface area contributed by atoms with Crippen LogP contribution in [0, 0.1) is 6.92 Å². The van der Waals surface area contributed by atoms with Crippen LogP contribution in [0.3, 0.4) is 0 Å². The first-order chi connectivity index (χ1) is 11.8. The van der Waals surface area contributed by atoms with E-state index in [1.165, 1.54) is 21.5 Å². The summed E-state index contributed by atoms with van der Waals surface area (Å²) in [6.45, 7) is 1.99. The molecule has 3 heteroatoms. The molecule has 0 fully saturated rings. The quantitative estimate of drug-likeness (QED) is 0.158. The van der Waals surface area contributed by atoms with Crippen LogP contribution in [-0.4, -0.2) is 0 Å². The van der Waals surface area contributed by atoms with Crippen LogP contribution in [0.4, 0.5) is 5.69 Å². The molecule has 0 aliphatic rings. The Morgan fingerprint density at radius 1 is 0.667 bits per heavy atom. The molecule has 0 aliphatic heterocycles. The van der Waals surface area contributed by atoms with E-state index in [9.17, 15) is 0 Å². The average Bonchev–Trinajstić information content (AvgIpc) is 2.63. The van der Waals surface area contributed by atoms with Gasteiger partial charge in [-0.15, -0.1) is 0 Å². The van der Waals surface area contributed by atoms with Crippen LogP contribution in [0.15, 0.2) is 90.0 Å². The molecule has 24 heavy (non-hydrogen) atoms. The summed E-state index contributed by atoms with van der Waals surface area (Å²) < 4.78 is 0. The van der Waals surface area contributed by atoms with E-state index in [2.05, 4.69) is 70.7 Å². The number of azide groups is 1. The van der Waals surface area contributed by atoms with E-state index in [-0.39, 0.29) is 0 Å². The van der Waals surface area contributed by atoms with Gasteiger partial charge in [0.1, 0.15) is 0 Å². The third kappa shape index (κ3) is 3.72. The van der Waals surface area contributed by atoms with Crippen molar-refractivity contribution in [2.75, 3.05) is 0 Å². The van der Waals surface area contributed by atoms with Crippen molar-refractivity contribution < 1.29 is 0 Å². The van der Waals surface area contributed by atoms with E-state index in [1.807, 2.05) is 19.1 Å². The van der Waals surface area contributed by atoms with Gasteiger partial charge in [0.2, 0.25) is 0 Å². The summed E-state index contributed by atoms with van der Waals surface area (Å²) in [5.74, 6) is 0. The second kappa shape index (κ2) is 7.32. The summed E-state index contributed by atoms with van der Waals surface area (Å²) in [6.07, 6.45) is 0. The van der Waals surface area contributed by atoms with Crippen molar-refractivity contribution >= 4 is 27.2 Å². The molecule has 0 heterocycles. The largest absolute Gasteiger partial charge is 0.0616 e. The van der Waals surface area contributed by atoms with Gasteiger partial charge >= 0.3 is 0 Å². The highest BCUT2D eigenvalue weighted by Crippen LogP contribution is 2.22. The minimum atomic E-state index is 0.660. The van der Waals surface area contributed by atoms with Gasteiger partial charge in [0.05, 0.1) is 0 Å². The predicted molar refractivity (Wildman–Crippen MR) is 101 cm³/mol. The van der Waals surface area contributed by atoms with E-state index in [0.29, 0.717) is 5.69 Å². The molecule has 0 saturated heterocycles. The van der Waals surface area contributed by atoms with Crippen LogP contribution in [0.5, 0.6) is 0 Å². The number of benzene rings is 4. The van der Waals surface area contributed by atoms with Gasteiger partial charge in [-0.1, -0.05) is 83.5 Å². The third-order valence-corrected chi connectivity index (χ3v) is 3.81. The fourth-order valence-corrected chi connectivity index (χ4v) is 2.55. The highest BCUT2D eigenvalue weighted by molar-refractivity contribution is 5.98. The van der Waals surface area contributed by atoms with Gasteiger partial charge in [-0.3, -0.25) is 0 Å². The van der Waals surface area contributed by atoms with Crippen LogP contribution >= 0.6 is 0 Å². The van der Waals surface area contributed by atoms with E-state index in [1.54, 1.807) is 12.1 Å². The lowest BCUT2D eigenvalue weighted by Gasteiger charge is -2.00. The molecule has 116 valence electrons. The Balaban J connectivity index is 0.000000150. The fourth-order valence-electron chi connectivity index (χ4n) is 2.55. The van der Waals surface area contributed by atoms with Crippen molar-refractivity contribution in [2.45, 2.75) is 6.92 Å². The van der Waals surface area contributed by atoms with Crippen LogP contribution in [0.1, 0.15) is 5.56 Å². The van der Waals surface area contributed by atoms with E-state index >= 15 is 0 Å². The van der Waals surface area contributed by atoms with Crippen LogP contribution < -0.4 is 0 Å². The van der Waals surface area contributed by atoms with E-state index in [0.717, 1.165) is 5.56 Å². The minimum absolute atomic E-state index is 0.660. The van der Waals surface area contributed by atoms with Gasteiger partial charge in [0, 0.05) is 10.6 Å². The Morgan fingerprint density at radius 2 is 1.08 bits per heavy atom. The number of hydrogen-bond donors (Lipinski definition) is 0. The lowest BCUT2D eigenvalue weighted by atomic mass is 10.0. The molecule has 0 aromatic heterocycles. The smallest absolute Gasteiger partial charge is 0.0375 e. The molecule has 0 spiro atoms. The molecule has 3 nitrogen and oxygen atoms in total. The molecule has 0 radical (unpaired) electrons. The minimum Gasteiger partial charge on any atom is -0.0616 e. The molecule has 0 aliphatic carbocycles. The predicted octanol–water partition coefficient (Wildman–Crippen LogP) is 6.93. The van der Waals surface area contributed by atoms with Gasteiger partial charge < -0.3 is 0 Å². The summed E-state index contributed by atoms with van der Waals surface area (Å²) in [7, 11) is 0.